The Bertz CT molecular complexity index is 611. The highest BCUT2D eigenvalue weighted by molar-refractivity contribution is 5.66. The number of benzene rings is 2. The smallest absolute Gasteiger partial charge is 0.0184 e. The first-order valence-corrected chi connectivity index (χ1v) is 6.93. The molecule has 0 heteroatoms. The van der Waals surface area contributed by atoms with E-state index in [9.17, 15) is 0 Å². The van der Waals surface area contributed by atoms with E-state index in [4.69, 9.17) is 0 Å². The van der Waals surface area contributed by atoms with Crippen molar-refractivity contribution in [2.24, 2.45) is 0 Å². The standard InChI is InChI=1S/C20H20/c1-3-4-6-9-17(2)16-18-12-14-20(15-13-18)19-10-7-5-8-11-19/h3-16H,1-2H3/b4-3+,9-6-,17-16-. The van der Waals surface area contributed by atoms with Gasteiger partial charge in [0.05, 0.1) is 0 Å². The van der Waals surface area contributed by atoms with Crippen molar-refractivity contribution in [2.75, 3.05) is 0 Å². The zero-order valence-corrected chi connectivity index (χ0v) is 12.1. The minimum Gasteiger partial charge on any atom is -0.0877 e. The van der Waals surface area contributed by atoms with Crippen LogP contribution in [0.2, 0.25) is 0 Å². The van der Waals surface area contributed by atoms with Gasteiger partial charge in [-0.2, -0.15) is 0 Å². The minimum atomic E-state index is 1.23. The van der Waals surface area contributed by atoms with E-state index in [0.717, 1.165) is 0 Å². The predicted molar refractivity (Wildman–Crippen MR) is 89.5 cm³/mol. The third-order valence-electron chi connectivity index (χ3n) is 3.07. The maximum absolute atomic E-state index is 2.19. The van der Waals surface area contributed by atoms with Crippen molar-refractivity contribution in [1.29, 1.82) is 0 Å². The summed E-state index contributed by atoms with van der Waals surface area (Å²) in [5.74, 6) is 0. The fraction of sp³-hybridized carbons (Fsp3) is 0.100. The molecule has 0 fully saturated rings. The van der Waals surface area contributed by atoms with Crippen molar-refractivity contribution < 1.29 is 0 Å². The van der Waals surface area contributed by atoms with E-state index < -0.39 is 0 Å². The van der Waals surface area contributed by atoms with Crippen LogP contribution < -0.4 is 0 Å². The molecule has 0 nitrogen and oxygen atoms in total. The summed E-state index contributed by atoms with van der Waals surface area (Å²) >= 11 is 0. The molecule has 100 valence electrons. The SMILES string of the molecule is C/C=C/C=C\C(C)=C/c1ccc(-c2ccccc2)cc1. The fourth-order valence-electron chi connectivity index (χ4n) is 2.03. The Labute approximate surface area is 121 Å². The molecule has 20 heavy (non-hydrogen) atoms. The van der Waals surface area contributed by atoms with Gasteiger partial charge in [0.25, 0.3) is 0 Å². The van der Waals surface area contributed by atoms with Gasteiger partial charge in [0.2, 0.25) is 0 Å². The van der Waals surface area contributed by atoms with Crippen LogP contribution in [0.3, 0.4) is 0 Å². The van der Waals surface area contributed by atoms with Gasteiger partial charge in [-0.3, -0.25) is 0 Å². The summed E-state index contributed by atoms with van der Waals surface area (Å²) in [4.78, 5) is 0. The van der Waals surface area contributed by atoms with E-state index in [0.29, 0.717) is 0 Å². The molecule has 0 N–H and O–H groups in total. The Morgan fingerprint density at radius 3 is 2.10 bits per heavy atom. The molecular weight excluding hydrogens is 240 g/mol. The molecule has 0 aliphatic carbocycles. The molecule has 0 radical (unpaired) electrons. The van der Waals surface area contributed by atoms with E-state index in [1.165, 1.54) is 22.3 Å². The van der Waals surface area contributed by atoms with Crippen molar-refractivity contribution in [3.8, 4) is 11.1 Å². The van der Waals surface area contributed by atoms with Crippen molar-refractivity contribution in [3.63, 3.8) is 0 Å². The van der Waals surface area contributed by atoms with Gasteiger partial charge in [-0.25, -0.2) is 0 Å². The highest BCUT2D eigenvalue weighted by Gasteiger charge is 1.95. The average molecular weight is 260 g/mol. The van der Waals surface area contributed by atoms with Crippen LogP contribution in [0.25, 0.3) is 17.2 Å². The average Bonchev–Trinajstić information content (AvgIpc) is 2.49. The monoisotopic (exact) mass is 260 g/mol. The summed E-state index contributed by atoms with van der Waals surface area (Å²) in [5.41, 5.74) is 4.99. The lowest BCUT2D eigenvalue weighted by molar-refractivity contribution is 1.53. The Kier molecular flexibility index (Phi) is 5.14. The van der Waals surface area contributed by atoms with Crippen molar-refractivity contribution in [3.05, 3.63) is 90.0 Å². The van der Waals surface area contributed by atoms with Crippen LogP contribution in [-0.4, -0.2) is 0 Å². The van der Waals surface area contributed by atoms with E-state index in [1.807, 2.05) is 25.1 Å². The Hall–Kier alpha value is -2.34. The molecule has 0 heterocycles. The summed E-state index contributed by atoms with van der Waals surface area (Å²) in [7, 11) is 0. The van der Waals surface area contributed by atoms with Crippen LogP contribution in [0.4, 0.5) is 0 Å². The molecule has 0 atom stereocenters. The number of rotatable bonds is 4. The summed E-state index contributed by atoms with van der Waals surface area (Å²) in [5, 5.41) is 0. The van der Waals surface area contributed by atoms with Gasteiger partial charge in [0.15, 0.2) is 0 Å². The Balaban J connectivity index is 2.14. The van der Waals surface area contributed by atoms with E-state index >= 15 is 0 Å². The third kappa shape index (κ3) is 4.10. The van der Waals surface area contributed by atoms with Crippen LogP contribution in [0.5, 0.6) is 0 Å². The predicted octanol–water partition coefficient (Wildman–Crippen LogP) is 5.89. The van der Waals surface area contributed by atoms with Crippen LogP contribution >= 0.6 is 0 Å². The summed E-state index contributed by atoms with van der Waals surface area (Å²) in [6, 6.07) is 19.1. The van der Waals surface area contributed by atoms with Crippen LogP contribution in [-0.2, 0) is 0 Å². The molecule has 2 rings (SSSR count). The van der Waals surface area contributed by atoms with Gasteiger partial charge in [-0.05, 0) is 30.5 Å². The topological polar surface area (TPSA) is 0 Å². The molecule has 0 aromatic heterocycles. The molecule has 0 aliphatic heterocycles. The molecule has 0 aliphatic rings. The third-order valence-corrected chi connectivity index (χ3v) is 3.07. The zero-order valence-electron chi connectivity index (χ0n) is 12.1. The highest BCUT2D eigenvalue weighted by atomic mass is 14.0. The summed E-state index contributed by atoms with van der Waals surface area (Å²) in [6.07, 6.45) is 10.4. The second-order valence-corrected chi connectivity index (χ2v) is 4.76. The molecular formula is C20H20. The quantitative estimate of drug-likeness (QED) is 0.601. The molecule has 2 aromatic carbocycles. The lowest BCUT2D eigenvalue weighted by Gasteiger charge is -2.02. The van der Waals surface area contributed by atoms with Gasteiger partial charge in [-0.15, -0.1) is 0 Å². The largest absolute Gasteiger partial charge is 0.0877 e. The van der Waals surface area contributed by atoms with Gasteiger partial charge >= 0.3 is 0 Å². The Morgan fingerprint density at radius 2 is 1.45 bits per heavy atom. The summed E-state index contributed by atoms with van der Waals surface area (Å²) in [6.45, 7) is 4.14. The van der Waals surface area contributed by atoms with E-state index in [1.54, 1.807) is 0 Å². The van der Waals surface area contributed by atoms with Crippen molar-refractivity contribution in [2.45, 2.75) is 13.8 Å². The van der Waals surface area contributed by atoms with Gasteiger partial charge in [-0.1, -0.05) is 90.6 Å². The maximum atomic E-state index is 2.19. The van der Waals surface area contributed by atoms with Gasteiger partial charge < -0.3 is 0 Å². The first-order valence-electron chi connectivity index (χ1n) is 6.93. The second kappa shape index (κ2) is 7.30. The molecule has 0 unspecified atom stereocenters. The fourth-order valence-corrected chi connectivity index (χ4v) is 2.03. The molecule has 0 bridgehead atoms. The normalized spacial score (nSPS) is 12.4. The van der Waals surface area contributed by atoms with E-state index in [-0.39, 0.29) is 0 Å². The molecule has 0 saturated carbocycles. The second-order valence-electron chi connectivity index (χ2n) is 4.76. The summed E-state index contributed by atoms with van der Waals surface area (Å²) < 4.78 is 0. The van der Waals surface area contributed by atoms with Gasteiger partial charge in [0.1, 0.15) is 0 Å². The van der Waals surface area contributed by atoms with Crippen molar-refractivity contribution in [1.82, 2.24) is 0 Å². The lowest BCUT2D eigenvalue weighted by atomic mass is 10.0. The van der Waals surface area contributed by atoms with Crippen LogP contribution in [0.15, 0.2) is 84.5 Å². The van der Waals surface area contributed by atoms with E-state index in [2.05, 4.69) is 73.7 Å². The first kappa shape index (κ1) is 14.1. The van der Waals surface area contributed by atoms with Crippen LogP contribution in [0, 0.1) is 0 Å². The number of hydrogen-bond donors (Lipinski definition) is 0. The van der Waals surface area contributed by atoms with Gasteiger partial charge in [0, 0.05) is 0 Å². The molecule has 2 aromatic rings. The maximum Gasteiger partial charge on any atom is -0.0184 e. The molecule has 0 spiro atoms. The number of hydrogen-bond acceptors (Lipinski definition) is 0. The highest BCUT2D eigenvalue weighted by Crippen LogP contribution is 2.20. The molecule has 0 amide bonds. The Morgan fingerprint density at radius 1 is 0.800 bits per heavy atom. The molecule has 0 saturated heterocycles. The first-order chi connectivity index (χ1) is 9.79. The van der Waals surface area contributed by atoms with Crippen LogP contribution in [0.1, 0.15) is 19.4 Å². The number of allylic oxidation sites excluding steroid dienone is 5. The zero-order chi connectivity index (χ0) is 14.2. The lowest BCUT2D eigenvalue weighted by Crippen LogP contribution is -1.78. The minimum absolute atomic E-state index is 1.23. The van der Waals surface area contributed by atoms with Crippen molar-refractivity contribution >= 4 is 6.08 Å².